The Labute approximate surface area is 204 Å². The van der Waals surface area contributed by atoms with E-state index in [0.29, 0.717) is 22.7 Å². The molecule has 2 aliphatic carbocycles. The largest absolute Gasteiger partial charge is 0.507 e. The van der Waals surface area contributed by atoms with Gasteiger partial charge in [0.25, 0.3) is 0 Å². The number of benzene rings is 1. The first kappa shape index (κ1) is 23.2. The van der Waals surface area contributed by atoms with E-state index in [1.807, 2.05) is 13.0 Å². The molecule has 3 aromatic rings. The van der Waals surface area contributed by atoms with Crippen LogP contribution in [0.5, 0.6) is 5.75 Å². The van der Waals surface area contributed by atoms with Gasteiger partial charge in [-0.25, -0.2) is 9.79 Å². The summed E-state index contributed by atoms with van der Waals surface area (Å²) in [7, 11) is 0. The second kappa shape index (κ2) is 8.88. The predicted molar refractivity (Wildman–Crippen MR) is 137 cm³/mol. The number of fused-ring (bicyclic) bond motifs is 4. The van der Waals surface area contributed by atoms with Crippen LogP contribution in [-0.4, -0.2) is 23.9 Å². The van der Waals surface area contributed by atoms with Gasteiger partial charge in [0.05, 0.1) is 12.2 Å². The SMILES string of the molecule is CCOC(=O)c1c(/N=C\c2c(O)c(C(C)(C)C)cc3oc4c(c23)CCCC4)sc2c1CCCC2. The van der Waals surface area contributed by atoms with Crippen molar-refractivity contribution in [2.45, 2.75) is 84.5 Å². The van der Waals surface area contributed by atoms with E-state index in [9.17, 15) is 9.90 Å². The number of carbonyl (C=O) groups excluding carboxylic acids is 1. The van der Waals surface area contributed by atoms with E-state index in [0.717, 1.165) is 79.2 Å². The van der Waals surface area contributed by atoms with Crippen molar-refractivity contribution in [3.63, 3.8) is 0 Å². The Morgan fingerprint density at radius 2 is 1.85 bits per heavy atom. The van der Waals surface area contributed by atoms with Gasteiger partial charge in [-0.1, -0.05) is 20.8 Å². The normalized spacial score (nSPS) is 16.1. The maximum atomic E-state index is 12.9. The third kappa shape index (κ3) is 3.96. The number of esters is 1. The molecule has 0 bridgehead atoms. The standard InChI is InChI=1S/C28H33NO4S/c1-5-32-27(31)24-17-11-7-9-13-22(17)34-26(24)29-15-18-23-16-10-6-8-12-20(16)33-21(23)14-19(25(18)30)28(2,3)4/h14-15,30H,5-13H2,1-4H3/b29-15-. The Hall–Kier alpha value is -2.60. The Morgan fingerprint density at radius 3 is 2.59 bits per heavy atom. The number of carbonyl (C=O) groups is 1. The van der Waals surface area contributed by atoms with Crippen molar-refractivity contribution in [2.24, 2.45) is 4.99 Å². The van der Waals surface area contributed by atoms with Crippen molar-refractivity contribution < 1.29 is 19.1 Å². The van der Waals surface area contributed by atoms with Crippen molar-refractivity contribution in [2.75, 3.05) is 6.61 Å². The smallest absolute Gasteiger partial charge is 0.341 e. The maximum Gasteiger partial charge on any atom is 0.341 e. The number of ether oxygens (including phenoxy) is 1. The van der Waals surface area contributed by atoms with Gasteiger partial charge in [-0.05, 0) is 68.9 Å². The molecule has 2 aromatic heterocycles. The highest BCUT2D eigenvalue weighted by Crippen LogP contribution is 2.44. The van der Waals surface area contributed by atoms with Crippen LogP contribution in [0, 0.1) is 0 Å². The molecule has 5 nitrogen and oxygen atoms in total. The quantitative estimate of drug-likeness (QED) is 0.318. The van der Waals surface area contributed by atoms with Crippen molar-refractivity contribution in [1.29, 1.82) is 0 Å². The molecule has 0 saturated carbocycles. The zero-order chi connectivity index (χ0) is 24.0. The van der Waals surface area contributed by atoms with Gasteiger partial charge in [-0.2, -0.15) is 0 Å². The van der Waals surface area contributed by atoms with Gasteiger partial charge in [0.15, 0.2) is 0 Å². The predicted octanol–water partition coefficient (Wildman–Crippen LogP) is 7.18. The zero-order valence-corrected chi connectivity index (χ0v) is 21.4. The molecule has 1 N–H and O–H groups in total. The molecule has 5 rings (SSSR count). The minimum absolute atomic E-state index is 0.247. The summed E-state index contributed by atoms with van der Waals surface area (Å²) in [5, 5.41) is 13.1. The van der Waals surface area contributed by atoms with Crippen LogP contribution in [0.1, 0.15) is 96.6 Å². The van der Waals surface area contributed by atoms with E-state index in [1.165, 1.54) is 10.4 Å². The Balaban J connectivity index is 1.69. The number of hydrogen-bond acceptors (Lipinski definition) is 6. The monoisotopic (exact) mass is 479 g/mol. The molecule has 0 aliphatic heterocycles. The first-order chi connectivity index (χ1) is 16.3. The summed E-state index contributed by atoms with van der Waals surface area (Å²) in [6.45, 7) is 8.43. The fraction of sp³-hybridized carbons (Fsp3) is 0.500. The van der Waals surface area contributed by atoms with E-state index in [4.69, 9.17) is 14.1 Å². The van der Waals surface area contributed by atoms with Crippen molar-refractivity contribution in [1.82, 2.24) is 0 Å². The zero-order valence-electron chi connectivity index (χ0n) is 20.5. The molecule has 0 unspecified atom stereocenters. The molecule has 0 amide bonds. The van der Waals surface area contributed by atoms with Crippen LogP contribution >= 0.6 is 11.3 Å². The lowest BCUT2D eigenvalue weighted by Gasteiger charge is -2.21. The Bertz CT molecular complexity index is 1290. The minimum atomic E-state index is -0.299. The van der Waals surface area contributed by atoms with Crippen molar-refractivity contribution >= 4 is 39.5 Å². The molecule has 180 valence electrons. The number of furan rings is 1. The number of rotatable bonds is 4. The maximum absolute atomic E-state index is 12.9. The molecule has 6 heteroatoms. The highest BCUT2D eigenvalue weighted by Gasteiger charge is 2.29. The van der Waals surface area contributed by atoms with Gasteiger partial charge < -0.3 is 14.3 Å². The Kier molecular flexibility index (Phi) is 6.05. The van der Waals surface area contributed by atoms with Crippen LogP contribution in [-0.2, 0) is 35.8 Å². The highest BCUT2D eigenvalue weighted by atomic mass is 32.1. The summed E-state index contributed by atoms with van der Waals surface area (Å²) in [6, 6.07) is 1.99. The lowest BCUT2D eigenvalue weighted by atomic mass is 9.83. The van der Waals surface area contributed by atoms with Crippen LogP contribution in [0.2, 0.25) is 0 Å². The third-order valence-electron chi connectivity index (χ3n) is 7.00. The van der Waals surface area contributed by atoms with E-state index in [-0.39, 0.29) is 17.1 Å². The van der Waals surface area contributed by atoms with Crippen LogP contribution < -0.4 is 0 Å². The fourth-order valence-corrected chi connectivity index (χ4v) is 6.54. The summed E-state index contributed by atoms with van der Waals surface area (Å²) >= 11 is 1.58. The second-order valence-electron chi connectivity index (χ2n) is 10.4. The molecule has 34 heavy (non-hydrogen) atoms. The number of aromatic hydroxyl groups is 1. The average Bonchev–Trinajstić information content (AvgIpc) is 3.35. The van der Waals surface area contributed by atoms with Crippen LogP contribution in [0.3, 0.4) is 0 Å². The molecule has 2 heterocycles. The average molecular weight is 480 g/mol. The molecule has 0 spiro atoms. The van der Waals surface area contributed by atoms with E-state index < -0.39 is 0 Å². The summed E-state index contributed by atoms with van der Waals surface area (Å²) in [5.41, 5.74) is 4.97. The lowest BCUT2D eigenvalue weighted by molar-refractivity contribution is 0.0526. The van der Waals surface area contributed by atoms with Crippen molar-refractivity contribution in [3.8, 4) is 5.75 Å². The fourth-order valence-electron chi connectivity index (χ4n) is 5.32. The molecular weight excluding hydrogens is 446 g/mol. The lowest BCUT2D eigenvalue weighted by Crippen LogP contribution is -2.12. The molecular formula is C28H33NO4S. The number of nitrogens with zero attached hydrogens (tertiary/aromatic N) is 1. The number of phenolic OH excluding ortho intramolecular Hbond substituents is 1. The van der Waals surface area contributed by atoms with E-state index >= 15 is 0 Å². The number of aliphatic imine (C=N–C) groups is 1. The number of aryl methyl sites for hydroxylation is 3. The second-order valence-corrected chi connectivity index (χ2v) is 11.5. The van der Waals surface area contributed by atoms with Crippen LogP contribution in [0.4, 0.5) is 5.00 Å². The number of thiophene rings is 1. The molecule has 0 saturated heterocycles. The molecule has 2 aliphatic rings. The third-order valence-corrected chi connectivity index (χ3v) is 8.20. The van der Waals surface area contributed by atoms with Gasteiger partial charge in [-0.3, -0.25) is 0 Å². The molecule has 0 atom stereocenters. The summed E-state index contributed by atoms with van der Waals surface area (Å²) in [5.74, 6) is 0.977. The molecule has 0 radical (unpaired) electrons. The highest BCUT2D eigenvalue weighted by molar-refractivity contribution is 7.16. The van der Waals surface area contributed by atoms with E-state index in [2.05, 4.69) is 20.8 Å². The van der Waals surface area contributed by atoms with Gasteiger partial charge in [0.2, 0.25) is 0 Å². The first-order valence-electron chi connectivity index (χ1n) is 12.5. The van der Waals surface area contributed by atoms with Crippen LogP contribution in [0.15, 0.2) is 15.5 Å². The molecule has 0 fully saturated rings. The summed E-state index contributed by atoms with van der Waals surface area (Å²) < 4.78 is 11.7. The Morgan fingerprint density at radius 1 is 1.15 bits per heavy atom. The number of hydrogen-bond donors (Lipinski definition) is 1. The minimum Gasteiger partial charge on any atom is -0.507 e. The summed E-state index contributed by atoms with van der Waals surface area (Å²) in [4.78, 5) is 18.9. The van der Waals surface area contributed by atoms with Gasteiger partial charge in [0, 0.05) is 39.6 Å². The van der Waals surface area contributed by atoms with Crippen LogP contribution in [0.25, 0.3) is 11.0 Å². The summed E-state index contributed by atoms with van der Waals surface area (Å²) in [6.07, 6.45) is 9.94. The van der Waals surface area contributed by atoms with E-state index in [1.54, 1.807) is 17.6 Å². The van der Waals surface area contributed by atoms with Gasteiger partial charge in [0.1, 0.15) is 22.1 Å². The van der Waals surface area contributed by atoms with Crippen molar-refractivity contribution in [3.05, 3.63) is 44.5 Å². The number of phenols is 1. The molecule has 1 aromatic carbocycles. The van der Waals surface area contributed by atoms with Gasteiger partial charge in [-0.15, -0.1) is 11.3 Å². The first-order valence-corrected chi connectivity index (χ1v) is 13.3. The topological polar surface area (TPSA) is 72.0 Å². The van der Waals surface area contributed by atoms with Gasteiger partial charge >= 0.3 is 5.97 Å².